The van der Waals surface area contributed by atoms with Gasteiger partial charge in [0.2, 0.25) is 65.0 Å². The van der Waals surface area contributed by atoms with Gasteiger partial charge in [-0.3, -0.25) is 52.7 Å². The Morgan fingerprint density at radius 1 is 0.478 bits per heavy atom. The van der Waals surface area contributed by atoms with E-state index in [1.807, 2.05) is 71.9 Å². The Morgan fingerprint density at radius 3 is 1.42 bits per heavy atom. The number of amides is 11. The molecule has 0 unspecified atom stereocenters. The summed E-state index contributed by atoms with van der Waals surface area (Å²) in [6, 6.07) is -5.15. The zero-order valence-corrected chi connectivity index (χ0v) is 59.7. The van der Waals surface area contributed by atoms with Crippen LogP contribution in [0.25, 0.3) is 0 Å². The molecule has 1 fully saturated rings. The van der Waals surface area contributed by atoms with E-state index in [1.54, 1.807) is 67.5 Å². The lowest BCUT2D eigenvalue weighted by atomic mass is 9.91. The molecule has 1 aromatic carbocycles. The molecule has 24 heteroatoms. The van der Waals surface area contributed by atoms with Gasteiger partial charge in [0.1, 0.15) is 66.5 Å². The van der Waals surface area contributed by atoms with Gasteiger partial charge in [-0.1, -0.05) is 126 Å². The molecular formula is C68H115N11O13. The van der Waals surface area contributed by atoms with E-state index in [-0.39, 0.29) is 50.0 Å². The molecule has 2 rings (SSSR count). The van der Waals surface area contributed by atoms with Crippen LogP contribution in [0.5, 0.6) is 0 Å². The van der Waals surface area contributed by atoms with E-state index in [0.29, 0.717) is 6.42 Å². The first kappa shape index (κ1) is 81.1. The average molecular weight is 1290 g/mol. The Morgan fingerprint density at radius 2 is 0.935 bits per heavy atom. The third-order valence-electron chi connectivity index (χ3n) is 17.6. The number of benzene rings is 1. The van der Waals surface area contributed by atoms with Crippen LogP contribution in [-0.4, -0.2) is 232 Å². The van der Waals surface area contributed by atoms with Crippen LogP contribution in [0.15, 0.2) is 42.5 Å². The molecule has 0 radical (unpaired) electrons. The maximum atomic E-state index is 15.3. The summed E-state index contributed by atoms with van der Waals surface area (Å²) < 4.78 is 6.29. The van der Waals surface area contributed by atoms with Crippen LogP contribution in [-0.2, 0) is 64.1 Å². The quantitative estimate of drug-likeness (QED) is 0.137. The topological polar surface area (TPSA) is 288 Å². The number of ether oxygens (including phenoxy) is 1. The summed E-state index contributed by atoms with van der Waals surface area (Å²) >= 11 is 0. The van der Waals surface area contributed by atoms with Crippen LogP contribution < -0.4 is 21.3 Å². The number of carbonyl (C=O) groups is 11. The van der Waals surface area contributed by atoms with Gasteiger partial charge in [0, 0.05) is 49.3 Å². The zero-order valence-electron chi connectivity index (χ0n) is 59.7. The number of hydrogen-bond acceptors (Lipinski definition) is 13. The van der Waals surface area contributed by atoms with Crippen molar-refractivity contribution in [2.75, 3.05) is 49.3 Å². The Hall–Kier alpha value is -6.95. The van der Waals surface area contributed by atoms with Crippen molar-refractivity contribution in [1.29, 1.82) is 0 Å². The summed E-state index contributed by atoms with van der Waals surface area (Å²) in [5.41, 5.74) is 0.763. The van der Waals surface area contributed by atoms with Gasteiger partial charge < -0.3 is 65.4 Å². The maximum absolute atomic E-state index is 15.3. The largest absolute Gasteiger partial charge is 0.390 e. The number of likely N-dealkylation sites (N-methyl/N-ethyl adjacent to an activating group) is 7. The summed E-state index contributed by atoms with van der Waals surface area (Å²) in [7, 11) is 9.84. The molecule has 0 bridgehead atoms. The standard InChI is InChI=1S/C68H115N11O13/c1-25-27-31-43(13)57(80)56-61(84)71-49(26-2)64(87)73(18)46(16)63(86)78(23)55(47(17)92-37-48-32-29-28-30-33-48)60(83)72-53(41(9)10)67(90)74(19)50(34-38(3)4)59(82)69-44(14)58(81)70-45(15)62(85)75(20)51(35-39(5)6)65(88)76(21)52(36-40(7)8)66(89)77(22)54(42(11)12)68(91)79(56)24/h25,27-30,32-33,38-47,49-57,80H,26,31,34-37H2,1-24H3,(H,69,82)(H,70,81)(H,71,84)(H,72,83)/b27-25+/t43-,44+,45+,46-,47-,49+,50-,51+,52-,53+,54+,55+,56+,57-/m1/s1. The average Bonchev–Trinajstić information content (AvgIpc) is 0.865. The fourth-order valence-electron chi connectivity index (χ4n) is 11.6. The van der Waals surface area contributed by atoms with Gasteiger partial charge in [0.15, 0.2) is 0 Å². The lowest BCUT2D eigenvalue weighted by Crippen LogP contribution is -2.64. The second kappa shape index (κ2) is 37.1. The van der Waals surface area contributed by atoms with Crippen LogP contribution in [0.2, 0.25) is 0 Å². The van der Waals surface area contributed by atoms with Gasteiger partial charge in [-0.05, 0) is 108 Å². The van der Waals surface area contributed by atoms with E-state index in [4.69, 9.17) is 4.74 Å². The van der Waals surface area contributed by atoms with Gasteiger partial charge in [-0.2, -0.15) is 0 Å². The number of hydrogen-bond donors (Lipinski definition) is 5. The number of carbonyl (C=O) groups excluding carboxylic acids is 11. The second-order valence-electron chi connectivity index (χ2n) is 27.3. The summed E-state index contributed by atoms with van der Waals surface area (Å²) in [6.07, 6.45) is 1.70. The molecule has 1 saturated heterocycles. The Balaban J connectivity index is 3.05. The molecule has 92 heavy (non-hydrogen) atoms. The van der Waals surface area contributed by atoms with Crippen molar-refractivity contribution in [3.05, 3.63) is 48.0 Å². The van der Waals surface area contributed by atoms with Crippen molar-refractivity contribution >= 4 is 65.0 Å². The van der Waals surface area contributed by atoms with E-state index in [1.165, 1.54) is 89.7 Å². The first-order valence-corrected chi connectivity index (χ1v) is 32.7. The minimum Gasteiger partial charge on any atom is -0.390 e. The number of nitrogens with zero attached hydrogens (tertiary/aromatic N) is 7. The number of rotatable bonds is 17. The SMILES string of the molecule is C/C=C/C[C@@H](C)[C@@H](O)[C@H]1C(=O)N[C@@H](CC)C(=O)N(C)[C@H](C)C(=O)N(C)[C@@H]([C@@H](C)OCc2ccccc2)C(=O)N[C@@H](C(C)C)C(=O)N(C)[C@H](CC(C)C)C(=O)N[C@@H](C)C(=O)N[C@@H](C)C(=O)N(C)[C@@H](CC(C)C)C(=O)N(C)[C@H](CC(C)C)C(=O)N(C)[C@@H](C(C)C)C(=O)N1C. The first-order valence-electron chi connectivity index (χ1n) is 32.7. The van der Waals surface area contributed by atoms with E-state index in [2.05, 4.69) is 21.3 Å². The lowest BCUT2D eigenvalue weighted by molar-refractivity contribution is -0.157. The van der Waals surface area contributed by atoms with Crippen molar-refractivity contribution in [1.82, 2.24) is 55.6 Å². The maximum Gasteiger partial charge on any atom is 0.246 e. The molecule has 5 N–H and O–H groups in total. The molecule has 0 aliphatic carbocycles. The molecule has 0 aromatic heterocycles. The molecule has 24 nitrogen and oxygen atoms in total. The number of aliphatic hydroxyl groups excluding tert-OH is 1. The van der Waals surface area contributed by atoms with Crippen LogP contribution in [0, 0.1) is 35.5 Å². The predicted octanol–water partition coefficient (Wildman–Crippen LogP) is 4.22. The monoisotopic (exact) mass is 1290 g/mol. The van der Waals surface area contributed by atoms with Gasteiger partial charge in [-0.15, -0.1) is 0 Å². The molecule has 0 saturated carbocycles. The van der Waals surface area contributed by atoms with Gasteiger partial charge in [0.05, 0.1) is 18.8 Å². The highest BCUT2D eigenvalue weighted by atomic mass is 16.5. The lowest BCUT2D eigenvalue weighted by Gasteiger charge is -2.41. The fourth-order valence-corrected chi connectivity index (χ4v) is 11.6. The minimum absolute atomic E-state index is 0.0151. The fraction of sp³-hybridized carbons (Fsp3) is 0.721. The third-order valence-corrected chi connectivity index (χ3v) is 17.6. The highest BCUT2D eigenvalue weighted by Gasteiger charge is 2.46. The molecule has 520 valence electrons. The van der Waals surface area contributed by atoms with Crippen molar-refractivity contribution < 1.29 is 62.6 Å². The predicted molar refractivity (Wildman–Crippen MR) is 354 cm³/mol. The molecule has 1 aliphatic rings. The molecule has 11 amide bonds. The first-order chi connectivity index (χ1) is 42.7. The van der Waals surface area contributed by atoms with Gasteiger partial charge in [-0.25, -0.2) is 0 Å². The molecule has 0 spiro atoms. The summed E-state index contributed by atoms with van der Waals surface area (Å²) in [6.45, 7) is 29.1. The second-order valence-corrected chi connectivity index (χ2v) is 27.3. The van der Waals surface area contributed by atoms with Crippen molar-refractivity contribution in [2.24, 2.45) is 35.5 Å². The minimum atomic E-state index is -1.64. The van der Waals surface area contributed by atoms with Crippen molar-refractivity contribution in [2.45, 2.75) is 235 Å². The highest BCUT2D eigenvalue weighted by Crippen LogP contribution is 2.26. The molecule has 14 atom stereocenters. The summed E-state index contributed by atoms with van der Waals surface area (Å²) in [5, 5.41) is 23.2. The third kappa shape index (κ3) is 21.8. The summed E-state index contributed by atoms with van der Waals surface area (Å²) in [5.74, 6) is -10.2. The van der Waals surface area contributed by atoms with Crippen LogP contribution in [0.4, 0.5) is 0 Å². The molecule has 1 heterocycles. The van der Waals surface area contributed by atoms with E-state index in [0.717, 1.165) is 20.3 Å². The molecule has 1 aliphatic heterocycles. The highest BCUT2D eigenvalue weighted by molar-refractivity contribution is 6.00. The van der Waals surface area contributed by atoms with E-state index in [9.17, 15) is 33.9 Å². The van der Waals surface area contributed by atoms with Crippen LogP contribution >= 0.6 is 0 Å². The van der Waals surface area contributed by atoms with Gasteiger partial charge >= 0.3 is 0 Å². The normalized spacial score (nSPS) is 26.8. The van der Waals surface area contributed by atoms with E-state index >= 15 is 24.0 Å². The van der Waals surface area contributed by atoms with Crippen LogP contribution in [0.1, 0.15) is 155 Å². The number of aliphatic hydroxyl groups is 1. The van der Waals surface area contributed by atoms with Gasteiger partial charge in [0.25, 0.3) is 0 Å². The van der Waals surface area contributed by atoms with E-state index < -0.39 is 161 Å². The Kier molecular flexibility index (Phi) is 32.7. The number of allylic oxidation sites excluding steroid dienone is 2. The van der Waals surface area contributed by atoms with Crippen molar-refractivity contribution in [3.63, 3.8) is 0 Å². The zero-order chi connectivity index (χ0) is 70.7. The van der Waals surface area contributed by atoms with Crippen molar-refractivity contribution in [3.8, 4) is 0 Å². The Labute approximate surface area is 549 Å². The summed E-state index contributed by atoms with van der Waals surface area (Å²) in [4.78, 5) is 171. The van der Waals surface area contributed by atoms with Crippen LogP contribution in [0.3, 0.4) is 0 Å². The smallest absolute Gasteiger partial charge is 0.246 e. The Bertz CT molecular complexity index is 2690. The molecule has 1 aromatic rings. The molecular weight excluding hydrogens is 1180 g/mol. The number of nitrogens with one attached hydrogen (secondary N) is 4.